The SMILES string of the molecule is CN1CCCCC1c1cnc(CN)o1. The molecule has 0 aliphatic carbocycles. The van der Waals surface area contributed by atoms with Gasteiger partial charge in [-0.1, -0.05) is 6.42 Å². The molecule has 2 rings (SSSR count). The molecule has 1 aromatic heterocycles. The Bertz CT molecular complexity index is 297. The van der Waals surface area contributed by atoms with Crippen molar-refractivity contribution in [2.24, 2.45) is 5.73 Å². The maximum absolute atomic E-state index is 5.56. The molecule has 0 spiro atoms. The summed E-state index contributed by atoms with van der Waals surface area (Å²) in [5.74, 6) is 1.60. The van der Waals surface area contributed by atoms with Crippen LogP contribution in [0.3, 0.4) is 0 Å². The highest BCUT2D eigenvalue weighted by molar-refractivity contribution is 5.02. The molecule has 1 saturated heterocycles. The lowest BCUT2D eigenvalue weighted by Crippen LogP contribution is -2.29. The van der Waals surface area contributed by atoms with Crippen LogP contribution in [0.25, 0.3) is 0 Å². The molecule has 78 valence electrons. The summed E-state index contributed by atoms with van der Waals surface area (Å²) in [4.78, 5) is 6.45. The molecule has 1 fully saturated rings. The van der Waals surface area contributed by atoms with Gasteiger partial charge in [0.05, 0.1) is 18.8 Å². The van der Waals surface area contributed by atoms with E-state index in [0.717, 1.165) is 18.7 Å². The van der Waals surface area contributed by atoms with Crippen molar-refractivity contribution < 1.29 is 4.42 Å². The monoisotopic (exact) mass is 195 g/mol. The maximum Gasteiger partial charge on any atom is 0.208 e. The van der Waals surface area contributed by atoms with E-state index in [9.17, 15) is 0 Å². The van der Waals surface area contributed by atoms with Crippen molar-refractivity contribution in [3.05, 3.63) is 17.8 Å². The molecule has 0 bridgehead atoms. The number of aromatic nitrogens is 1. The highest BCUT2D eigenvalue weighted by Crippen LogP contribution is 2.29. The zero-order chi connectivity index (χ0) is 9.97. The highest BCUT2D eigenvalue weighted by Gasteiger charge is 2.23. The van der Waals surface area contributed by atoms with Gasteiger partial charge in [0.1, 0.15) is 5.76 Å². The topological polar surface area (TPSA) is 55.3 Å². The summed E-state index contributed by atoms with van der Waals surface area (Å²) in [5.41, 5.74) is 5.46. The number of hydrogen-bond donors (Lipinski definition) is 1. The van der Waals surface area contributed by atoms with Crippen LogP contribution < -0.4 is 5.73 Å². The molecule has 1 aliphatic heterocycles. The van der Waals surface area contributed by atoms with E-state index in [1.807, 2.05) is 6.20 Å². The van der Waals surface area contributed by atoms with E-state index in [0.29, 0.717) is 18.5 Å². The molecular formula is C10H17N3O. The van der Waals surface area contributed by atoms with Gasteiger partial charge >= 0.3 is 0 Å². The number of likely N-dealkylation sites (tertiary alicyclic amines) is 1. The summed E-state index contributed by atoms with van der Waals surface area (Å²) in [6, 6.07) is 0.400. The van der Waals surface area contributed by atoms with Crippen LogP contribution in [-0.4, -0.2) is 23.5 Å². The second kappa shape index (κ2) is 4.11. The third-order valence-electron chi connectivity index (χ3n) is 2.84. The first-order valence-corrected chi connectivity index (χ1v) is 5.16. The second-order valence-electron chi connectivity index (χ2n) is 3.85. The van der Waals surface area contributed by atoms with Crippen molar-refractivity contribution in [3.63, 3.8) is 0 Å². The zero-order valence-electron chi connectivity index (χ0n) is 8.57. The van der Waals surface area contributed by atoms with Gasteiger partial charge in [0.15, 0.2) is 0 Å². The fraction of sp³-hybridized carbons (Fsp3) is 0.700. The van der Waals surface area contributed by atoms with Crippen molar-refractivity contribution in [2.45, 2.75) is 31.8 Å². The molecule has 1 atom stereocenters. The van der Waals surface area contributed by atoms with Gasteiger partial charge in [0.25, 0.3) is 0 Å². The number of nitrogens with two attached hydrogens (primary N) is 1. The largest absolute Gasteiger partial charge is 0.443 e. The Morgan fingerprint density at radius 1 is 1.64 bits per heavy atom. The van der Waals surface area contributed by atoms with E-state index in [1.165, 1.54) is 12.8 Å². The van der Waals surface area contributed by atoms with Gasteiger partial charge in [-0.25, -0.2) is 4.98 Å². The first kappa shape index (κ1) is 9.68. The van der Waals surface area contributed by atoms with Gasteiger partial charge in [0, 0.05) is 0 Å². The molecule has 4 heteroatoms. The van der Waals surface area contributed by atoms with Crippen LogP contribution in [0.1, 0.15) is 37.0 Å². The third kappa shape index (κ3) is 1.81. The van der Waals surface area contributed by atoms with Gasteiger partial charge in [-0.15, -0.1) is 0 Å². The van der Waals surface area contributed by atoms with E-state index in [4.69, 9.17) is 10.2 Å². The molecule has 1 unspecified atom stereocenters. The van der Waals surface area contributed by atoms with Crippen LogP contribution in [0.15, 0.2) is 10.6 Å². The van der Waals surface area contributed by atoms with Crippen molar-refractivity contribution >= 4 is 0 Å². The van der Waals surface area contributed by atoms with E-state index < -0.39 is 0 Å². The van der Waals surface area contributed by atoms with Crippen molar-refractivity contribution in [2.75, 3.05) is 13.6 Å². The number of oxazole rings is 1. The second-order valence-corrected chi connectivity index (χ2v) is 3.85. The molecule has 2 heterocycles. The molecule has 14 heavy (non-hydrogen) atoms. The quantitative estimate of drug-likeness (QED) is 0.772. The third-order valence-corrected chi connectivity index (χ3v) is 2.84. The van der Waals surface area contributed by atoms with E-state index >= 15 is 0 Å². The van der Waals surface area contributed by atoms with E-state index in [-0.39, 0.29) is 0 Å². The molecule has 0 amide bonds. The molecule has 2 N–H and O–H groups in total. The van der Waals surface area contributed by atoms with Crippen LogP contribution in [0.2, 0.25) is 0 Å². The summed E-state index contributed by atoms with van der Waals surface area (Å²) >= 11 is 0. The Hall–Kier alpha value is -0.870. The smallest absolute Gasteiger partial charge is 0.208 e. The minimum atomic E-state index is 0.385. The molecular weight excluding hydrogens is 178 g/mol. The predicted octanol–water partition coefficient (Wildman–Crippen LogP) is 1.29. The van der Waals surface area contributed by atoms with Crippen LogP contribution in [0, 0.1) is 0 Å². The molecule has 4 nitrogen and oxygen atoms in total. The van der Waals surface area contributed by atoms with Gasteiger partial charge in [-0.05, 0) is 26.4 Å². The summed E-state index contributed by atoms with van der Waals surface area (Å²) < 4.78 is 5.56. The Balaban J connectivity index is 2.12. The summed E-state index contributed by atoms with van der Waals surface area (Å²) in [6.07, 6.45) is 5.53. The van der Waals surface area contributed by atoms with Crippen molar-refractivity contribution in [1.29, 1.82) is 0 Å². The van der Waals surface area contributed by atoms with Gasteiger partial charge in [0.2, 0.25) is 5.89 Å². The minimum Gasteiger partial charge on any atom is -0.443 e. The molecule has 0 radical (unpaired) electrons. The summed E-state index contributed by atoms with van der Waals surface area (Å²) in [5, 5.41) is 0. The van der Waals surface area contributed by atoms with Gasteiger partial charge < -0.3 is 10.2 Å². The van der Waals surface area contributed by atoms with Crippen LogP contribution in [0.4, 0.5) is 0 Å². The Kier molecular flexibility index (Phi) is 2.84. The normalized spacial score (nSPS) is 24.0. The van der Waals surface area contributed by atoms with Gasteiger partial charge in [-0.3, -0.25) is 4.90 Å². The Morgan fingerprint density at radius 3 is 3.14 bits per heavy atom. The van der Waals surface area contributed by atoms with Crippen molar-refractivity contribution in [3.8, 4) is 0 Å². The summed E-state index contributed by atoms with van der Waals surface area (Å²) in [6.45, 7) is 1.53. The van der Waals surface area contributed by atoms with Crippen LogP contribution in [0.5, 0.6) is 0 Å². The average molecular weight is 195 g/mol. The number of rotatable bonds is 2. The van der Waals surface area contributed by atoms with E-state index in [1.54, 1.807) is 0 Å². The molecule has 0 aromatic carbocycles. The Labute approximate surface area is 84.1 Å². The average Bonchev–Trinajstić information content (AvgIpc) is 2.67. The Morgan fingerprint density at radius 2 is 2.50 bits per heavy atom. The number of nitrogens with zero attached hydrogens (tertiary/aromatic N) is 2. The van der Waals surface area contributed by atoms with Crippen LogP contribution in [-0.2, 0) is 6.54 Å². The zero-order valence-corrected chi connectivity index (χ0v) is 8.57. The van der Waals surface area contributed by atoms with Crippen LogP contribution >= 0.6 is 0 Å². The first-order valence-electron chi connectivity index (χ1n) is 5.16. The fourth-order valence-corrected chi connectivity index (χ4v) is 2.01. The lowest BCUT2D eigenvalue weighted by Gasteiger charge is -2.30. The predicted molar refractivity (Wildman–Crippen MR) is 53.6 cm³/mol. The number of hydrogen-bond acceptors (Lipinski definition) is 4. The van der Waals surface area contributed by atoms with Crippen molar-refractivity contribution in [1.82, 2.24) is 9.88 Å². The molecule has 1 aromatic rings. The van der Waals surface area contributed by atoms with Gasteiger partial charge in [-0.2, -0.15) is 0 Å². The number of piperidine rings is 1. The standard InChI is InChI=1S/C10H17N3O/c1-13-5-3-2-4-8(13)9-7-12-10(6-11)14-9/h7-8H,2-6,11H2,1H3. The highest BCUT2D eigenvalue weighted by atomic mass is 16.4. The lowest BCUT2D eigenvalue weighted by atomic mass is 10.0. The maximum atomic E-state index is 5.56. The lowest BCUT2D eigenvalue weighted by molar-refractivity contribution is 0.162. The fourth-order valence-electron chi connectivity index (χ4n) is 2.01. The molecule has 0 saturated carbocycles. The van der Waals surface area contributed by atoms with E-state index in [2.05, 4.69) is 16.9 Å². The first-order chi connectivity index (χ1) is 6.81. The minimum absolute atomic E-state index is 0.385. The summed E-state index contributed by atoms with van der Waals surface area (Å²) in [7, 11) is 2.13. The molecule has 1 aliphatic rings.